The van der Waals surface area contributed by atoms with Crippen LogP contribution in [-0.2, 0) is 13.0 Å². The van der Waals surface area contributed by atoms with E-state index in [0.29, 0.717) is 18.7 Å². The van der Waals surface area contributed by atoms with Crippen LogP contribution in [0, 0.1) is 29.5 Å². The lowest BCUT2D eigenvalue weighted by atomic mass is 10.1. The smallest absolute Gasteiger partial charge is 0.334 e. The highest BCUT2D eigenvalue weighted by molar-refractivity contribution is 6.32. The van der Waals surface area contributed by atoms with Crippen molar-refractivity contribution in [1.82, 2.24) is 9.13 Å². The number of benzene rings is 1. The molecule has 1 aromatic carbocycles. The molecule has 0 N–H and O–H groups in total. The summed E-state index contributed by atoms with van der Waals surface area (Å²) < 4.78 is 22.3. The maximum absolute atomic E-state index is 14.4. The molecule has 0 aliphatic carbocycles. The van der Waals surface area contributed by atoms with Gasteiger partial charge in [-0.1, -0.05) is 17.5 Å². The van der Waals surface area contributed by atoms with Gasteiger partial charge in [0.15, 0.2) is 0 Å². The summed E-state index contributed by atoms with van der Waals surface area (Å²) in [4.78, 5) is 12.7. The van der Waals surface area contributed by atoms with Crippen molar-refractivity contribution < 1.29 is 9.13 Å². The van der Waals surface area contributed by atoms with Crippen molar-refractivity contribution in [2.24, 2.45) is 0 Å². The number of nitrogens with zero attached hydrogens (tertiary/aromatic N) is 3. The number of nitriles is 1. The first-order chi connectivity index (χ1) is 11.6. The summed E-state index contributed by atoms with van der Waals surface area (Å²) in [5.74, 6) is 1.74. The number of rotatable bonds is 3. The summed E-state index contributed by atoms with van der Waals surface area (Å²) in [6.45, 7) is 0.475. The predicted molar refractivity (Wildman–Crippen MR) is 87.0 cm³/mol. The Bertz CT molecular complexity index is 947. The van der Waals surface area contributed by atoms with Gasteiger partial charge in [0.25, 0.3) is 0 Å². The Morgan fingerprint density at radius 2 is 2.21 bits per heavy atom. The summed E-state index contributed by atoms with van der Waals surface area (Å²) in [6, 6.07) is 4.36. The first-order valence-electron chi connectivity index (χ1n) is 7.38. The summed E-state index contributed by atoms with van der Waals surface area (Å²) in [5.41, 5.74) is 0.262. The van der Waals surface area contributed by atoms with Gasteiger partial charge >= 0.3 is 5.69 Å². The highest BCUT2D eigenvalue weighted by Crippen LogP contribution is 2.30. The molecule has 0 saturated carbocycles. The van der Waals surface area contributed by atoms with Gasteiger partial charge < -0.3 is 4.74 Å². The van der Waals surface area contributed by atoms with Gasteiger partial charge in [-0.3, -0.25) is 4.57 Å². The molecule has 122 valence electrons. The van der Waals surface area contributed by atoms with Gasteiger partial charge in [-0.25, -0.2) is 13.8 Å². The Morgan fingerprint density at radius 1 is 1.42 bits per heavy atom. The Labute approximate surface area is 142 Å². The van der Waals surface area contributed by atoms with E-state index in [4.69, 9.17) is 22.8 Å². The molecule has 0 atom stereocenters. The summed E-state index contributed by atoms with van der Waals surface area (Å²) in [5, 5.41) is 9.52. The predicted octanol–water partition coefficient (Wildman–Crippen LogP) is 2.65. The van der Waals surface area contributed by atoms with Crippen LogP contribution in [0.15, 0.2) is 16.9 Å². The molecule has 1 aromatic heterocycles. The molecule has 24 heavy (non-hydrogen) atoms. The molecular weight excluding hydrogens is 333 g/mol. The van der Waals surface area contributed by atoms with Gasteiger partial charge in [0.2, 0.25) is 0 Å². The number of imidazole rings is 1. The van der Waals surface area contributed by atoms with Crippen molar-refractivity contribution in [3.05, 3.63) is 44.8 Å². The van der Waals surface area contributed by atoms with Gasteiger partial charge in [-0.2, -0.15) is 5.26 Å². The van der Waals surface area contributed by atoms with Crippen molar-refractivity contribution in [2.75, 3.05) is 6.61 Å². The number of halogens is 2. The van der Waals surface area contributed by atoms with Crippen molar-refractivity contribution in [1.29, 1.82) is 5.26 Å². The quantitative estimate of drug-likeness (QED) is 0.803. The second-order valence-electron chi connectivity index (χ2n) is 5.36. The first kappa shape index (κ1) is 16.2. The van der Waals surface area contributed by atoms with Crippen molar-refractivity contribution in [3.63, 3.8) is 0 Å². The molecule has 2 heterocycles. The van der Waals surface area contributed by atoms with Crippen LogP contribution in [-0.4, -0.2) is 15.7 Å². The van der Waals surface area contributed by atoms with E-state index in [2.05, 4.69) is 5.92 Å². The average Bonchev–Trinajstić information content (AvgIpc) is 2.87. The zero-order chi connectivity index (χ0) is 17.3. The van der Waals surface area contributed by atoms with Crippen LogP contribution in [0.2, 0.25) is 5.02 Å². The minimum atomic E-state index is -0.713. The minimum absolute atomic E-state index is 0.0435. The lowest BCUT2D eigenvalue weighted by Crippen LogP contribution is -2.26. The molecule has 0 bridgehead atoms. The average molecular weight is 346 g/mol. The molecule has 1 aliphatic rings. The lowest BCUT2D eigenvalue weighted by molar-refractivity contribution is 0.369. The third kappa shape index (κ3) is 2.55. The SMILES string of the molecule is C#CCOc1cc(-n2c(C#N)c3n(c2=O)CCCC3)c(F)cc1Cl. The molecule has 0 unspecified atom stereocenters. The Kier molecular flexibility index (Phi) is 4.33. The molecule has 0 saturated heterocycles. The number of fused-ring (bicyclic) bond motifs is 1. The number of terminal acetylenes is 1. The summed E-state index contributed by atoms with van der Waals surface area (Å²) in [6.07, 6.45) is 7.49. The monoisotopic (exact) mass is 345 g/mol. The van der Waals surface area contributed by atoms with Gasteiger partial charge in [-0.15, -0.1) is 6.42 Å². The standard InChI is InChI=1S/C17H13ClFN3O2/c1-2-7-24-16-9-14(12(19)8-11(16)18)22-15(10-20)13-5-3-4-6-21(13)17(22)23/h1,8-9H,3-7H2. The van der Waals surface area contributed by atoms with Crippen molar-refractivity contribution in [3.8, 4) is 29.8 Å². The van der Waals surface area contributed by atoms with Crippen molar-refractivity contribution >= 4 is 11.6 Å². The van der Waals surface area contributed by atoms with Gasteiger partial charge in [0, 0.05) is 12.6 Å². The van der Waals surface area contributed by atoms with Crippen LogP contribution >= 0.6 is 11.6 Å². The number of ether oxygens (including phenoxy) is 1. The van der Waals surface area contributed by atoms with Crippen LogP contribution in [0.4, 0.5) is 4.39 Å². The fraction of sp³-hybridized carbons (Fsp3) is 0.294. The van der Waals surface area contributed by atoms with Gasteiger partial charge in [-0.05, 0) is 25.3 Å². The normalized spacial score (nSPS) is 13.0. The highest BCUT2D eigenvalue weighted by atomic mass is 35.5. The van der Waals surface area contributed by atoms with Gasteiger partial charge in [0.05, 0.1) is 16.4 Å². The van der Waals surface area contributed by atoms with E-state index in [1.807, 2.05) is 6.07 Å². The first-order valence-corrected chi connectivity index (χ1v) is 7.76. The molecule has 1 aliphatic heterocycles. The number of hydrogen-bond acceptors (Lipinski definition) is 3. The van der Waals surface area contributed by atoms with E-state index in [1.54, 1.807) is 0 Å². The van der Waals surface area contributed by atoms with E-state index in [1.165, 1.54) is 10.6 Å². The molecule has 0 spiro atoms. The van der Waals surface area contributed by atoms with Crippen LogP contribution < -0.4 is 10.4 Å². The van der Waals surface area contributed by atoms with E-state index in [9.17, 15) is 14.4 Å². The highest BCUT2D eigenvalue weighted by Gasteiger charge is 2.25. The fourth-order valence-electron chi connectivity index (χ4n) is 2.89. The Hall–Kier alpha value is -2.70. The van der Waals surface area contributed by atoms with Crippen molar-refractivity contribution in [2.45, 2.75) is 25.8 Å². The summed E-state index contributed by atoms with van der Waals surface area (Å²) in [7, 11) is 0. The molecule has 5 nitrogen and oxygen atoms in total. The fourth-order valence-corrected chi connectivity index (χ4v) is 3.10. The molecular formula is C17H13ClFN3O2. The lowest BCUT2D eigenvalue weighted by Gasteiger charge is -2.12. The second-order valence-corrected chi connectivity index (χ2v) is 5.77. The third-order valence-electron chi connectivity index (χ3n) is 3.95. The zero-order valence-electron chi connectivity index (χ0n) is 12.7. The van der Waals surface area contributed by atoms with Crippen LogP contribution in [0.1, 0.15) is 24.2 Å². The molecule has 0 radical (unpaired) electrons. The number of aromatic nitrogens is 2. The number of hydrogen-bond donors (Lipinski definition) is 0. The molecule has 3 rings (SSSR count). The maximum Gasteiger partial charge on any atom is 0.334 e. The summed E-state index contributed by atoms with van der Waals surface area (Å²) >= 11 is 5.95. The molecule has 2 aromatic rings. The Morgan fingerprint density at radius 3 is 2.92 bits per heavy atom. The van der Waals surface area contributed by atoms with Crippen LogP contribution in [0.3, 0.4) is 0 Å². The van der Waals surface area contributed by atoms with E-state index in [-0.39, 0.29) is 28.8 Å². The molecule has 0 fully saturated rings. The molecule has 0 amide bonds. The molecule has 7 heteroatoms. The van der Waals surface area contributed by atoms with Crippen LogP contribution in [0.5, 0.6) is 5.75 Å². The van der Waals surface area contributed by atoms with Crippen LogP contribution in [0.25, 0.3) is 5.69 Å². The Balaban J connectivity index is 2.23. The maximum atomic E-state index is 14.4. The van der Waals surface area contributed by atoms with E-state index >= 15 is 0 Å². The third-order valence-corrected chi connectivity index (χ3v) is 4.24. The zero-order valence-corrected chi connectivity index (χ0v) is 13.4. The van der Waals surface area contributed by atoms with E-state index < -0.39 is 11.5 Å². The minimum Gasteiger partial charge on any atom is -0.479 e. The van der Waals surface area contributed by atoms with Gasteiger partial charge in [0.1, 0.15) is 29.9 Å². The second kappa shape index (κ2) is 6.43. The van der Waals surface area contributed by atoms with E-state index in [0.717, 1.165) is 23.5 Å². The topological polar surface area (TPSA) is 60.0 Å². The largest absolute Gasteiger partial charge is 0.479 e.